The third-order valence-corrected chi connectivity index (χ3v) is 5.79. The number of nitrogens with zero attached hydrogens (tertiary/aromatic N) is 2. The fourth-order valence-electron chi connectivity index (χ4n) is 4.24. The van der Waals surface area contributed by atoms with E-state index in [0.717, 1.165) is 41.2 Å². The topological polar surface area (TPSA) is 87.1 Å². The number of carboxylic acids is 1. The van der Waals surface area contributed by atoms with Crippen molar-refractivity contribution in [1.82, 2.24) is 9.97 Å². The van der Waals surface area contributed by atoms with E-state index in [-0.39, 0.29) is 6.04 Å². The van der Waals surface area contributed by atoms with Gasteiger partial charge in [-0.05, 0) is 44.4 Å². The summed E-state index contributed by atoms with van der Waals surface area (Å²) in [7, 11) is 0. The van der Waals surface area contributed by atoms with E-state index in [9.17, 15) is 9.90 Å². The fraction of sp³-hybridized carbons (Fsp3) is 0.320. The van der Waals surface area contributed by atoms with E-state index >= 15 is 0 Å². The summed E-state index contributed by atoms with van der Waals surface area (Å²) in [5, 5.41) is 16.4. The summed E-state index contributed by atoms with van der Waals surface area (Å²) in [5.41, 5.74) is 2.77. The summed E-state index contributed by atoms with van der Waals surface area (Å²) in [6.45, 7) is 4.13. The van der Waals surface area contributed by atoms with Gasteiger partial charge in [0.05, 0.1) is 11.1 Å². The van der Waals surface area contributed by atoms with Crippen LogP contribution in [-0.2, 0) is 10.2 Å². The molecule has 0 bridgehead atoms. The number of aliphatic carboxylic acids is 1. The van der Waals surface area contributed by atoms with Crippen molar-refractivity contribution in [2.75, 3.05) is 10.6 Å². The van der Waals surface area contributed by atoms with Crippen molar-refractivity contribution in [3.05, 3.63) is 66.2 Å². The van der Waals surface area contributed by atoms with Crippen molar-refractivity contribution in [3.8, 4) is 11.3 Å². The molecule has 6 heteroatoms. The molecule has 1 aliphatic rings. The molecule has 0 spiro atoms. The molecule has 0 atom stereocenters. The first-order valence-corrected chi connectivity index (χ1v) is 10.8. The first-order valence-electron chi connectivity index (χ1n) is 10.8. The molecule has 1 aromatic heterocycles. The normalized spacial score (nSPS) is 15.1. The van der Waals surface area contributed by atoms with Crippen molar-refractivity contribution >= 4 is 23.4 Å². The molecule has 3 aromatic rings. The van der Waals surface area contributed by atoms with E-state index < -0.39 is 11.4 Å². The highest BCUT2D eigenvalue weighted by Gasteiger charge is 2.42. The number of aromatic nitrogens is 2. The van der Waals surface area contributed by atoms with Crippen LogP contribution >= 0.6 is 0 Å². The minimum Gasteiger partial charge on any atom is -0.481 e. The smallest absolute Gasteiger partial charge is 0.314 e. The van der Waals surface area contributed by atoms with Crippen LogP contribution in [-0.4, -0.2) is 27.1 Å². The van der Waals surface area contributed by atoms with Crippen LogP contribution < -0.4 is 10.6 Å². The standard InChI is InChI=1S/C25H28N4O2/c1-17(2)26-22-16-21(18-8-4-3-5-9-18)28-24(29-22)27-20-12-10-19(11-13-20)25(23(30)31)14-6-7-15-25/h3-5,8-13,16-17H,6-7,14-15H2,1-2H3,(H,30,31)(H2,26,27,28,29). The van der Waals surface area contributed by atoms with Gasteiger partial charge in [0.25, 0.3) is 0 Å². The van der Waals surface area contributed by atoms with Gasteiger partial charge in [-0.15, -0.1) is 0 Å². The van der Waals surface area contributed by atoms with E-state index in [1.807, 2.05) is 60.7 Å². The van der Waals surface area contributed by atoms with E-state index in [0.29, 0.717) is 18.8 Å². The molecule has 2 aromatic carbocycles. The van der Waals surface area contributed by atoms with Crippen LogP contribution in [0.3, 0.4) is 0 Å². The third kappa shape index (κ3) is 4.53. The van der Waals surface area contributed by atoms with Crippen LogP contribution in [0.15, 0.2) is 60.7 Å². The van der Waals surface area contributed by atoms with Gasteiger partial charge < -0.3 is 15.7 Å². The first kappa shape index (κ1) is 20.8. The number of nitrogens with one attached hydrogen (secondary N) is 2. The second-order valence-electron chi connectivity index (χ2n) is 8.42. The highest BCUT2D eigenvalue weighted by atomic mass is 16.4. The van der Waals surface area contributed by atoms with E-state index in [2.05, 4.69) is 29.5 Å². The molecule has 0 radical (unpaired) electrons. The van der Waals surface area contributed by atoms with E-state index in [1.54, 1.807) is 0 Å². The number of carbonyl (C=O) groups is 1. The van der Waals surface area contributed by atoms with Crippen LogP contribution in [0.25, 0.3) is 11.3 Å². The molecule has 0 amide bonds. The van der Waals surface area contributed by atoms with Gasteiger partial charge in [-0.1, -0.05) is 55.3 Å². The van der Waals surface area contributed by atoms with Gasteiger partial charge >= 0.3 is 5.97 Å². The summed E-state index contributed by atoms with van der Waals surface area (Å²) in [6, 6.07) is 19.8. The predicted molar refractivity (Wildman–Crippen MR) is 124 cm³/mol. The SMILES string of the molecule is CC(C)Nc1cc(-c2ccccc2)nc(Nc2ccc(C3(C(=O)O)CCCC3)cc2)n1. The first-order chi connectivity index (χ1) is 15.0. The van der Waals surface area contributed by atoms with E-state index in [1.165, 1.54) is 0 Å². The number of carboxylic acid groups (broad SMARTS) is 1. The molecule has 0 aliphatic heterocycles. The maximum Gasteiger partial charge on any atom is 0.314 e. The summed E-state index contributed by atoms with van der Waals surface area (Å²) in [6.07, 6.45) is 3.30. The maximum atomic E-state index is 12.0. The minimum atomic E-state index is -0.753. The summed E-state index contributed by atoms with van der Waals surface area (Å²) < 4.78 is 0. The Bertz CT molecular complexity index is 1040. The molecule has 0 unspecified atom stereocenters. The van der Waals surface area contributed by atoms with Gasteiger partial charge in [-0.2, -0.15) is 4.98 Å². The van der Waals surface area contributed by atoms with Gasteiger partial charge in [0.15, 0.2) is 0 Å². The van der Waals surface area contributed by atoms with Crippen molar-refractivity contribution in [1.29, 1.82) is 0 Å². The van der Waals surface area contributed by atoms with Gasteiger partial charge in [0, 0.05) is 23.4 Å². The highest BCUT2D eigenvalue weighted by molar-refractivity contribution is 5.82. The van der Waals surface area contributed by atoms with Crippen molar-refractivity contribution < 1.29 is 9.90 Å². The molecule has 1 aliphatic carbocycles. The number of hydrogen-bond acceptors (Lipinski definition) is 5. The van der Waals surface area contributed by atoms with Gasteiger partial charge in [0.1, 0.15) is 5.82 Å². The molecular weight excluding hydrogens is 388 g/mol. The number of benzene rings is 2. The molecule has 31 heavy (non-hydrogen) atoms. The largest absolute Gasteiger partial charge is 0.481 e. The fourth-order valence-corrected chi connectivity index (χ4v) is 4.24. The molecule has 3 N–H and O–H groups in total. The zero-order chi connectivity index (χ0) is 21.8. The summed E-state index contributed by atoms with van der Waals surface area (Å²) >= 11 is 0. The van der Waals surface area contributed by atoms with Crippen LogP contribution in [0.2, 0.25) is 0 Å². The second-order valence-corrected chi connectivity index (χ2v) is 8.42. The molecule has 6 nitrogen and oxygen atoms in total. The lowest BCUT2D eigenvalue weighted by molar-refractivity contribution is -0.143. The Hall–Kier alpha value is -3.41. The van der Waals surface area contributed by atoms with Crippen molar-refractivity contribution in [2.24, 2.45) is 0 Å². The third-order valence-electron chi connectivity index (χ3n) is 5.79. The number of hydrogen-bond donors (Lipinski definition) is 3. The Morgan fingerprint density at radius 3 is 2.29 bits per heavy atom. The molecule has 1 saturated carbocycles. The summed E-state index contributed by atoms with van der Waals surface area (Å²) in [4.78, 5) is 21.3. The molecule has 1 fully saturated rings. The average molecular weight is 417 g/mol. The lowest BCUT2D eigenvalue weighted by atomic mass is 9.79. The lowest BCUT2D eigenvalue weighted by Gasteiger charge is -2.24. The van der Waals surface area contributed by atoms with Crippen LogP contribution in [0.5, 0.6) is 0 Å². The van der Waals surface area contributed by atoms with Crippen molar-refractivity contribution in [3.63, 3.8) is 0 Å². The van der Waals surface area contributed by atoms with Crippen LogP contribution in [0, 0.1) is 0 Å². The monoisotopic (exact) mass is 416 g/mol. The molecule has 4 rings (SSSR count). The number of anilines is 3. The molecule has 160 valence electrons. The summed E-state index contributed by atoms with van der Waals surface area (Å²) in [5.74, 6) is 0.513. The van der Waals surface area contributed by atoms with E-state index in [4.69, 9.17) is 4.98 Å². The quantitative estimate of drug-likeness (QED) is 0.464. The van der Waals surface area contributed by atoms with Crippen LogP contribution in [0.4, 0.5) is 17.5 Å². The Morgan fingerprint density at radius 1 is 1.00 bits per heavy atom. The van der Waals surface area contributed by atoms with Gasteiger partial charge in [0.2, 0.25) is 5.95 Å². The number of rotatable bonds is 7. The lowest BCUT2D eigenvalue weighted by Crippen LogP contribution is -2.32. The van der Waals surface area contributed by atoms with Gasteiger partial charge in [-0.25, -0.2) is 4.98 Å². The van der Waals surface area contributed by atoms with Crippen LogP contribution in [0.1, 0.15) is 45.1 Å². The zero-order valence-electron chi connectivity index (χ0n) is 17.9. The molecule has 0 saturated heterocycles. The second kappa shape index (κ2) is 8.76. The Labute approximate surface area is 182 Å². The predicted octanol–water partition coefficient (Wildman–Crippen LogP) is 5.60. The Balaban J connectivity index is 1.62. The Kier molecular flexibility index (Phi) is 5.89. The maximum absolute atomic E-state index is 12.0. The zero-order valence-corrected chi connectivity index (χ0v) is 17.9. The van der Waals surface area contributed by atoms with Gasteiger partial charge in [-0.3, -0.25) is 4.79 Å². The Morgan fingerprint density at radius 2 is 1.68 bits per heavy atom. The van der Waals surface area contributed by atoms with Crippen molar-refractivity contribution in [2.45, 2.75) is 51.0 Å². The average Bonchev–Trinajstić information content (AvgIpc) is 3.26. The molecular formula is C25H28N4O2. The minimum absolute atomic E-state index is 0.240. The highest BCUT2D eigenvalue weighted by Crippen LogP contribution is 2.41. The molecule has 1 heterocycles.